The van der Waals surface area contributed by atoms with Gasteiger partial charge in [0.2, 0.25) is 0 Å². The standard InChI is InChI=1S/C14H17BrFNO/c15-13-11(7-4-8-12(13)16)14(18)17-9-10-5-2-1-3-6-10/h4,7-8,10H,1-3,5-6,9H2,(H,17,18). The molecule has 0 saturated heterocycles. The fraction of sp³-hybridized carbons (Fsp3) is 0.500. The van der Waals surface area contributed by atoms with Crippen molar-refractivity contribution >= 4 is 21.8 Å². The Morgan fingerprint density at radius 2 is 2.06 bits per heavy atom. The van der Waals surface area contributed by atoms with Gasteiger partial charge in [0.05, 0.1) is 10.0 Å². The molecule has 1 amide bonds. The Kier molecular flexibility index (Phi) is 4.75. The zero-order chi connectivity index (χ0) is 13.0. The van der Waals surface area contributed by atoms with Crippen molar-refractivity contribution in [1.29, 1.82) is 0 Å². The van der Waals surface area contributed by atoms with Gasteiger partial charge in [-0.2, -0.15) is 0 Å². The number of hydrogen-bond acceptors (Lipinski definition) is 1. The van der Waals surface area contributed by atoms with Gasteiger partial charge < -0.3 is 5.32 Å². The molecular weight excluding hydrogens is 297 g/mol. The zero-order valence-electron chi connectivity index (χ0n) is 10.2. The van der Waals surface area contributed by atoms with Crippen molar-refractivity contribution in [1.82, 2.24) is 5.32 Å². The summed E-state index contributed by atoms with van der Waals surface area (Å²) in [6.07, 6.45) is 6.18. The van der Waals surface area contributed by atoms with E-state index in [-0.39, 0.29) is 10.4 Å². The van der Waals surface area contributed by atoms with Crippen LogP contribution in [0.5, 0.6) is 0 Å². The molecule has 0 bridgehead atoms. The highest BCUT2D eigenvalue weighted by molar-refractivity contribution is 9.10. The zero-order valence-corrected chi connectivity index (χ0v) is 11.8. The van der Waals surface area contributed by atoms with Crippen LogP contribution in [0.25, 0.3) is 0 Å². The lowest BCUT2D eigenvalue weighted by Crippen LogP contribution is -2.30. The highest BCUT2D eigenvalue weighted by Gasteiger charge is 2.16. The molecule has 0 aliphatic heterocycles. The summed E-state index contributed by atoms with van der Waals surface area (Å²) in [7, 11) is 0. The van der Waals surface area contributed by atoms with E-state index in [1.165, 1.54) is 38.2 Å². The second-order valence-corrected chi connectivity index (χ2v) is 5.61. The molecule has 1 aromatic rings. The lowest BCUT2D eigenvalue weighted by molar-refractivity contribution is 0.0942. The van der Waals surface area contributed by atoms with Gasteiger partial charge in [-0.15, -0.1) is 0 Å². The Labute approximate surface area is 115 Å². The maximum Gasteiger partial charge on any atom is 0.252 e. The van der Waals surface area contributed by atoms with Crippen LogP contribution in [0.15, 0.2) is 22.7 Å². The fourth-order valence-electron chi connectivity index (χ4n) is 2.40. The van der Waals surface area contributed by atoms with Crippen LogP contribution >= 0.6 is 15.9 Å². The molecule has 1 fully saturated rings. The molecular formula is C14H17BrFNO. The first-order valence-corrected chi connectivity index (χ1v) is 7.20. The lowest BCUT2D eigenvalue weighted by Gasteiger charge is -2.21. The predicted octanol–water partition coefficient (Wildman–Crippen LogP) is 3.90. The molecule has 0 atom stereocenters. The minimum atomic E-state index is -0.402. The minimum Gasteiger partial charge on any atom is -0.352 e. The van der Waals surface area contributed by atoms with Gasteiger partial charge in [-0.05, 0) is 46.8 Å². The van der Waals surface area contributed by atoms with Crippen LogP contribution in [0.3, 0.4) is 0 Å². The number of amides is 1. The van der Waals surface area contributed by atoms with Crippen molar-refractivity contribution in [2.45, 2.75) is 32.1 Å². The second kappa shape index (κ2) is 6.32. The quantitative estimate of drug-likeness (QED) is 0.901. The largest absolute Gasteiger partial charge is 0.352 e. The molecule has 0 unspecified atom stereocenters. The molecule has 0 radical (unpaired) electrons. The van der Waals surface area contributed by atoms with E-state index in [2.05, 4.69) is 21.2 Å². The van der Waals surface area contributed by atoms with Crippen molar-refractivity contribution < 1.29 is 9.18 Å². The topological polar surface area (TPSA) is 29.1 Å². The van der Waals surface area contributed by atoms with Crippen molar-refractivity contribution in [3.05, 3.63) is 34.1 Å². The van der Waals surface area contributed by atoms with E-state index < -0.39 is 5.82 Å². The molecule has 2 rings (SSSR count). The Bertz CT molecular complexity index is 430. The van der Waals surface area contributed by atoms with Gasteiger partial charge in [-0.3, -0.25) is 4.79 Å². The molecule has 1 N–H and O–H groups in total. The molecule has 98 valence electrons. The highest BCUT2D eigenvalue weighted by atomic mass is 79.9. The molecule has 1 aliphatic rings. The van der Waals surface area contributed by atoms with Gasteiger partial charge in [0, 0.05) is 6.54 Å². The Morgan fingerprint density at radius 1 is 1.33 bits per heavy atom. The van der Waals surface area contributed by atoms with Crippen LogP contribution in [0, 0.1) is 11.7 Å². The number of halogens is 2. The van der Waals surface area contributed by atoms with Gasteiger partial charge in [0.25, 0.3) is 5.91 Å². The molecule has 0 heterocycles. The average molecular weight is 314 g/mol. The van der Waals surface area contributed by atoms with E-state index in [0.29, 0.717) is 18.0 Å². The van der Waals surface area contributed by atoms with Gasteiger partial charge in [0.1, 0.15) is 5.82 Å². The normalized spacial score (nSPS) is 16.6. The first-order valence-electron chi connectivity index (χ1n) is 6.40. The lowest BCUT2D eigenvalue weighted by atomic mass is 9.89. The van der Waals surface area contributed by atoms with Gasteiger partial charge in [-0.1, -0.05) is 25.3 Å². The van der Waals surface area contributed by atoms with E-state index in [1.807, 2.05) is 0 Å². The summed E-state index contributed by atoms with van der Waals surface area (Å²) >= 11 is 3.11. The van der Waals surface area contributed by atoms with Crippen molar-refractivity contribution in [2.24, 2.45) is 5.92 Å². The maximum atomic E-state index is 13.3. The highest BCUT2D eigenvalue weighted by Crippen LogP contribution is 2.23. The monoisotopic (exact) mass is 313 g/mol. The summed E-state index contributed by atoms with van der Waals surface area (Å²) < 4.78 is 13.5. The Morgan fingerprint density at radius 3 is 2.78 bits per heavy atom. The summed E-state index contributed by atoms with van der Waals surface area (Å²) in [5.74, 6) is -0.0256. The number of hydrogen-bond donors (Lipinski definition) is 1. The number of carbonyl (C=O) groups is 1. The third-order valence-electron chi connectivity index (χ3n) is 3.47. The first kappa shape index (κ1) is 13.5. The van der Waals surface area contributed by atoms with Gasteiger partial charge in [-0.25, -0.2) is 4.39 Å². The summed E-state index contributed by atoms with van der Waals surface area (Å²) in [6, 6.07) is 4.51. The van der Waals surface area contributed by atoms with Crippen molar-refractivity contribution in [3.8, 4) is 0 Å². The fourth-order valence-corrected chi connectivity index (χ4v) is 2.85. The predicted molar refractivity (Wildman–Crippen MR) is 73.0 cm³/mol. The van der Waals surface area contributed by atoms with E-state index in [4.69, 9.17) is 0 Å². The van der Waals surface area contributed by atoms with E-state index in [1.54, 1.807) is 12.1 Å². The minimum absolute atomic E-state index is 0.202. The van der Waals surface area contributed by atoms with Crippen LogP contribution in [0.4, 0.5) is 4.39 Å². The number of rotatable bonds is 3. The average Bonchev–Trinajstić information content (AvgIpc) is 2.40. The van der Waals surface area contributed by atoms with Gasteiger partial charge >= 0.3 is 0 Å². The van der Waals surface area contributed by atoms with Crippen molar-refractivity contribution in [2.75, 3.05) is 6.54 Å². The van der Waals surface area contributed by atoms with Crippen LogP contribution in [-0.2, 0) is 0 Å². The van der Waals surface area contributed by atoms with Crippen LogP contribution in [0.2, 0.25) is 0 Å². The molecule has 1 aromatic carbocycles. The molecule has 0 aromatic heterocycles. The molecule has 1 saturated carbocycles. The smallest absolute Gasteiger partial charge is 0.252 e. The SMILES string of the molecule is O=C(NCC1CCCCC1)c1cccc(F)c1Br. The van der Waals surface area contributed by atoms with Gasteiger partial charge in [0.15, 0.2) is 0 Å². The summed E-state index contributed by atoms with van der Waals surface area (Å²) in [5.41, 5.74) is 0.366. The third-order valence-corrected chi connectivity index (χ3v) is 4.28. The Balaban J connectivity index is 1.93. The molecule has 1 aliphatic carbocycles. The van der Waals surface area contributed by atoms with E-state index in [9.17, 15) is 9.18 Å². The molecule has 2 nitrogen and oxygen atoms in total. The number of benzene rings is 1. The second-order valence-electron chi connectivity index (χ2n) is 4.82. The maximum absolute atomic E-state index is 13.3. The molecule has 0 spiro atoms. The van der Waals surface area contributed by atoms with Crippen LogP contribution in [0.1, 0.15) is 42.5 Å². The van der Waals surface area contributed by atoms with Crippen LogP contribution < -0.4 is 5.32 Å². The third kappa shape index (κ3) is 3.31. The van der Waals surface area contributed by atoms with E-state index in [0.717, 1.165) is 0 Å². The first-order chi connectivity index (χ1) is 8.68. The van der Waals surface area contributed by atoms with E-state index >= 15 is 0 Å². The molecule has 4 heteroatoms. The summed E-state index contributed by atoms with van der Waals surface area (Å²) in [5, 5.41) is 2.90. The summed E-state index contributed by atoms with van der Waals surface area (Å²) in [6.45, 7) is 0.696. The molecule has 18 heavy (non-hydrogen) atoms. The summed E-state index contributed by atoms with van der Waals surface area (Å²) in [4.78, 5) is 12.0. The van der Waals surface area contributed by atoms with Crippen molar-refractivity contribution in [3.63, 3.8) is 0 Å². The number of carbonyl (C=O) groups excluding carboxylic acids is 1. The van der Waals surface area contributed by atoms with Crippen LogP contribution in [-0.4, -0.2) is 12.5 Å². The number of nitrogens with one attached hydrogen (secondary N) is 1. The Hall–Kier alpha value is -0.900.